The van der Waals surface area contributed by atoms with Gasteiger partial charge in [0.15, 0.2) is 6.61 Å². The number of hydrogen-bond donors (Lipinski definition) is 1. The second-order valence-corrected chi connectivity index (χ2v) is 7.41. The van der Waals surface area contributed by atoms with Crippen LogP contribution in [0.1, 0.15) is 38.2 Å². The smallest absolute Gasteiger partial charge is 0.271 e. The molecule has 0 saturated heterocycles. The predicted octanol–water partition coefficient (Wildman–Crippen LogP) is 3.86. The van der Waals surface area contributed by atoms with Crippen molar-refractivity contribution >= 4 is 5.78 Å². The lowest BCUT2D eigenvalue weighted by atomic mass is 10.0. The van der Waals surface area contributed by atoms with Gasteiger partial charge in [0.05, 0.1) is 5.56 Å². The van der Waals surface area contributed by atoms with Gasteiger partial charge in [-0.05, 0) is 55.5 Å². The highest BCUT2D eigenvalue weighted by Crippen LogP contribution is 2.25. The van der Waals surface area contributed by atoms with E-state index in [1.165, 1.54) is 6.92 Å². The molecule has 0 atom stereocenters. The lowest BCUT2D eigenvalue weighted by Crippen LogP contribution is -2.28. The van der Waals surface area contributed by atoms with Gasteiger partial charge in [-0.25, -0.2) is 0 Å². The zero-order valence-corrected chi connectivity index (χ0v) is 17.8. The van der Waals surface area contributed by atoms with Crippen molar-refractivity contribution in [2.24, 2.45) is 0 Å². The molecule has 3 rings (SSSR count). The monoisotopic (exact) mass is 416 g/mol. The summed E-state index contributed by atoms with van der Waals surface area (Å²) >= 11 is 0. The van der Waals surface area contributed by atoms with Gasteiger partial charge in [-0.1, -0.05) is 42.5 Å². The van der Waals surface area contributed by atoms with Gasteiger partial charge in [0.1, 0.15) is 17.4 Å². The Hall–Kier alpha value is -3.85. The largest absolute Gasteiger partial charge is 0.494 e. The standard InChI is InChI=1S/C25H24N2O4/c1-16-8-7-11-22(17(16)2)31-15-21(28)23-18(3)20(14-26)24(29)27(25(23)30)13-12-19-9-5-4-6-10-19/h4-11,30H,12-13,15H2,1-3H3. The summed E-state index contributed by atoms with van der Waals surface area (Å²) in [6.07, 6.45) is 0.467. The zero-order chi connectivity index (χ0) is 22.5. The van der Waals surface area contributed by atoms with E-state index in [0.717, 1.165) is 21.3 Å². The third-order valence-corrected chi connectivity index (χ3v) is 5.46. The van der Waals surface area contributed by atoms with Gasteiger partial charge >= 0.3 is 0 Å². The zero-order valence-electron chi connectivity index (χ0n) is 17.8. The van der Waals surface area contributed by atoms with E-state index in [0.29, 0.717) is 12.2 Å². The van der Waals surface area contributed by atoms with E-state index in [4.69, 9.17) is 4.74 Å². The van der Waals surface area contributed by atoms with Crippen LogP contribution < -0.4 is 10.3 Å². The van der Waals surface area contributed by atoms with Crippen LogP contribution in [-0.4, -0.2) is 22.1 Å². The maximum absolute atomic E-state index is 13.0. The van der Waals surface area contributed by atoms with Crippen LogP contribution in [0.3, 0.4) is 0 Å². The summed E-state index contributed by atoms with van der Waals surface area (Å²) in [5, 5.41) is 20.3. The van der Waals surface area contributed by atoms with Gasteiger partial charge in [0, 0.05) is 6.54 Å². The van der Waals surface area contributed by atoms with E-state index in [1.807, 2.05) is 62.4 Å². The fourth-order valence-electron chi connectivity index (χ4n) is 3.47. The Morgan fingerprint density at radius 1 is 1.06 bits per heavy atom. The summed E-state index contributed by atoms with van der Waals surface area (Å²) in [5.74, 6) is -0.365. The third-order valence-electron chi connectivity index (χ3n) is 5.46. The number of ketones is 1. The topological polar surface area (TPSA) is 92.3 Å². The van der Waals surface area contributed by atoms with Crippen molar-refractivity contribution in [1.29, 1.82) is 5.26 Å². The summed E-state index contributed by atoms with van der Waals surface area (Å²) in [6, 6.07) is 16.9. The van der Waals surface area contributed by atoms with Crippen LogP contribution in [-0.2, 0) is 13.0 Å². The van der Waals surface area contributed by atoms with Crippen molar-refractivity contribution in [3.63, 3.8) is 0 Å². The number of aromatic hydroxyl groups is 1. The lowest BCUT2D eigenvalue weighted by molar-refractivity contribution is 0.0915. The van der Waals surface area contributed by atoms with Gasteiger partial charge in [0.2, 0.25) is 11.7 Å². The second-order valence-electron chi connectivity index (χ2n) is 7.41. The number of aryl methyl sites for hydroxylation is 2. The Morgan fingerprint density at radius 3 is 2.45 bits per heavy atom. The quantitative estimate of drug-likeness (QED) is 0.591. The number of nitriles is 1. The molecule has 0 aliphatic carbocycles. The molecule has 3 aromatic rings. The van der Waals surface area contributed by atoms with Gasteiger partial charge < -0.3 is 9.84 Å². The Labute approximate surface area is 181 Å². The predicted molar refractivity (Wildman–Crippen MR) is 118 cm³/mol. The SMILES string of the molecule is Cc1cccc(OCC(=O)c2c(C)c(C#N)c(=O)n(CCc3ccccc3)c2O)c1C. The molecule has 0 saturated carbocycles. The summed E-state index contributed by atoms with van der Waals surface area (Å²) < 4.78 is 6.77. The first-order valence-corrected chi connectivity index (χ1v) is 9.97. The molecular weight excluding hydrogens is 392 g/mol. The number of pyridine rings is 1. The van der Waals surface area contributed by atoms with Crippen molar-refractivity contribution in [2.45, 2.75) is 33.7 Å². The van der Waals surface area contributed by atoms with E-state index < -0.39 is 17.2 Å². The van der Waals surface area contributed by atoms with Crippen molar-refractivity contribution in [3.05, 3.63) is 92.3 Å². The maximum Gasteiger partial charge on any atom is 0.271 e. The van der Waals surface area contributed by atoms with E-state index in [9.17, 15) is 20.0 Å². The molecule has 6 nitrogen and oxygen atoms in total. The number of benzene rings is 2. The lowest BCUT2D eigenvalue weighted by Gasteiger charge is -2.16. The molecule has 31 heavy (non-hydrogen) atoms. The number of Topliss-reactive ketones (excluding diaryl/α,β-unsaturated/α-hetero) is 1. The minimum Gasteiger partial charge on any atom is -0.494 e. The molecule has 1 aromatic heterocycles. The van der Waals surface area contributed by atoms with Gasteiger partial charge in [0.25, 0.3) is 5.56 Å². The second kappa shape index (κ2) is 9.31. The van der Waals surface area contributed by atoms with Crippen LogP contribution in [0, 0.1) is 32.1 Å². The van der Waals surface area contributed by atoms with Crippen LogP contribution in [0.4, 0.5) is 0 Å². The average Bonchev–Trinajstić information content (AvgIpc) is 2.75. The molecule has 158 valence electrons. The highest BCUT2D eigenvalue weighted by molar-refractivity contribution is 6.01. The third kappa shape index (κ3) is 4.51. The van der Waals surface area contributed by atoms with E-state index >= 15 is 0 Å². The number of nitrogens with zero attached hydrogens (tertiary/aromatic N) is 2. The molecule has 1 heterocycles. The molecule has 0 aliphatic heterocycles. The highest BCUT2D eigenvalue weighted by atomic mass is 16.5. The fraction of sp³-hybridized carbons (Fsp3) is 0.240. The molecule has 0 bridgehead atoms. The Balaban J connectivity index is 1.93. The van der Waals surface area contributed by atoms with E-state index in [-0.39, 0.29) is 29.8 Å². The molecule has 1 N–H and O–H groups in total. The van der Waals surface area contributed by atoms with E-state index in [2.05, 4.69) is 0 Å². The van der Waals surface area contributed by atoms with Crippen LogP contribution >= 0.6 is 0 Å². The maximum atomic E-state index is 13.0. The van der Waals surface area contributed by atoms with Crippen LogP contribution in [0.2, 0.25) is 0 Å². The number of carbonyl (C=O) groups excluding carboxylic acids is 1. The summed E-state index contributed by atoms with van der Waals surface area (Å²) in [6.45, 7) is 5.16. The van der Waals surface area contributed by atoms with Gasteiger partial charge in [-0.15, -0.1) is 0 Å². The minimum absolute atomic E-state index is 0.0606. The van der Waals surface area contributed by atoms with Crippen molar-refractivity contribution < 1.29 is 14.6 Å². The first kappa shape index (κ1) is 21.8. The number of ether oxygens (including phenoxy) is 1. The van der Waals surface area contributed by atoms with Gasteiger partial charge in [-0.2, -0.15) is 5.26 Å². The Kier molecular flexibility index (Phi) is 6.56. The molecular formula is C25H24N2O4. The molecule has 0 aliphatic rings. The fourth-order valence-corrected chi connectivity index (χ4v) is 3.47. The minimum atomic E-state index is -0.611. The number of rotatable bonds is 7. The molecule has 0 unspecified atom stereocenters. The normalized spacial score (nSPS) is 10.5. The molecule has 6 heteroatoms. The number of aromatic nitrogens is 1. The highest BCUT2D eigenvalue weighted by Gasteiger charge is 2.24. The van der Waals surface area contributed by atoms with Crippen molar-refractivity contribution in [2.75, 3.05) is 6.61 Å². The molecule has 2 aromatic carbocycles. The first-order valence-electron chi connectivity index (χ1n) is 9.97. The summed E-state index contributed by atoms with van der Waals surface area (Å²) in [5.41, 5.74) is 2.26. The summed E-state index contributed by atoms with van der Waals surface area (Å²) in [7, 11) is 0. The summed E-state index contributed by atoms with van der Waals surface area (Å²) in [4.78, 5) is 25.7. The van der Waals surface area contributed by atoms with Crippen molar-refractivity contribution in [3.8, 4) is 17.7 Å². The average molecular weight is 416 g/mol. The van der Waals surface area contributed by atoms with Crippen LogP contribution in [0.5, 0.6) is 11.6 Å². The van der Waals surface area contributed by atoms with Gasteiger partial charge in [-0.3, -0.25) is 14.2 Å². The van der Waals surface area contributed by atoms with Crippen LogP contribution in [0.15, 0.2) is 53.3 Å². The van der Waals surface area contributed by atoms with Crippen LogP contribution in [0.25, 0.3) is 0 Å². The molecule has 0 amide bonds. The molecule has 0 fully saturated rings. The van der Waals surface area contributed by atoms with E-state index in [1.54, 1.807) is 6.07 Å². The van der Waals surface area contributed by atoms with Crippen molar-refractivity contribution in [1.82, 2.24) is 4.57 Å². The Morgan fingerprint density at radius 2 is 1.77 bits per heavy atom. The molecule has 0 spiro atoms. The number of hydrogen-bond acceptors (Lipinski definition) is 5. The first-order chi connectivity index (χ1) is 14.8. The molecule has 0 radical (unpaired) electrons. The Bertz CT molecular complexity index is 1220. The number of carbonyl (C=O) groups is 1.